The molecule has 0 atom stereocenters. The molecule has 0 aliphatic carbocycles. The minimum atomic E-state index is -0.475. The number of fused-ring (bicyclic) bond motifs is 1. The molecule has 0 radical (unpaired) electrons. The van der Waals surface area contributed by atoms with Crippen LogP contribution in [0.3, 0.4) is 0 Å². The number of rotatable bonds is 6. The SMILES string of the molecule is CCOC(=O)c1ccc2c(c1)sc(=NC(=O)Cn1nc(C)cc1C)n2CC(=O)OC. The van der Waals surface area contributed by atoms with Gasteiger partial charge in [0, 0.05) is 5.69 Å². The fourth-order valence-corrected chi connectivity index (χ4v) is 4.04. The van der Waals surface area contributed by atoms with Gasteiger partial charge >= 0.3 is 11.9 Å². The average Bonchev–Trinajstić information content (AvgIpc) is 3.19. The predicted molar refractivity (Wildman–Crippen MR) is 110 cm³/mol. The van der Waals surface area contributed by atoms with Gasteiger partial charge in [0.1, 0.15) is 13.1 Å². The molecule has 3 rings (SSSR count). The van der Waals surface area contributed by atoms with Gasteiger partial charge in [0.05, 0.1) is 35.2 Å². The molecule has 0 fully saturated rings. The summed E-state index contributed by atoms with van der Waals surface area (Å²) in [5.41, 5.74) is 2.72. The van der Waals surface area contributed by atoms with Gasteiger partial charge in [0.25, 0.3) is 5.91 Å². The first-order valence-electron chi connectivity index (χ1n) is 9.28. The molecule has 0 saturated carbocycles. The van der Waals surface area contributed by atoms with E-state index in [1.807, 2.05) is 19.9 Å². The lowest BCUT2D eigenvalue weighted by molar-refractivity contribution is -0.141. The summed E-state index contributed by atoms with van der Waals surface area (Å²) in [5.74, 6) is -1.32. The first-order valence-corrected chi connectivity index (χ1v) is 10.1. The Hall–Kier alpha value is -3.27. The Labute approximate surface area is 176 Å². The van der Waals surface area contributed by atoms with Crippen molar-refractivity contribution in [2.24, 2.45) is 4.99 Å². The second kappa shape index (κ2) is 9.04. The van der Waals surface area contributed by atoms with Crippen molar-refractivity contribution in [2.45, 2.75) is 33.9 Å². The van der Waals surface area contributed by atoms with Crippen LogP contribution in [0.2, 0.25) is 0 Å². The van der Waals surface area contributed by atoms with Crippen LogP contribution >= 0.6 is 11.3 Å². The summed E-state index contributed by atoms with van der Waals surface area (Å²) in [6.07, 6.45) is 0. The lowest BCUT2D eigenvalue weighted by atomic mass is 10.2. The summed E-state index contributed by atoms with van der Waals surface area (Å²) in [5, 5.41) is 4.27. The van der Waals surface area contributed by atoms with E-state index in [4.69, 9.17) is 9.47 Å². The molecule has 0 bridgehead atoms. The molecule has 1 aromatic carbocycles. The molecule has 0 aliphatic heterocycles. The number of amides is 1. The normalized spacial score (nSPS) is 11.7. The van der Waals surface area contributed by atoms with Gasteiger partial charge in [0.2, 0.25) is 0 Å². The zero-order valence-electron chi connectivity index (χ0n) is 17.2. The maximum Gasteiger partial charge on any atom is 0.338 e. The fourth-order valence-electron chi connectivity index (χ4n) is 2.95. The minimum absolute atomic E-state index is 0.0137. The van der Waals surface area contributed by atoms with E-state index in [9.17, 15) is 14.4 Å². The lowest BCUT2D eigenvalue weighted by Gasteiger charge is -2.05. The molecular formula is C20H22N4O5S. The van der Waals surface area contributed by atoms with Crippen LogP contribution in [-0.2, 0) is 32.2 Å². The van der Waals surface area contributed by atoms with Crippen molar-refractivity contribution in [3.05, 3.63) is 46.0 Å². The Balaban J connectivity index is 2.04. The zero-order chi connectivity index (χ0) is 21.8. The number of carbonyl (C=O) groups excluding carboxylic acids is 3. The van der Waals surface area contributed by atoms with Gasteiger partial charge in [-0.05, 0) is 45.0 Å². The second-order valence-electron chi connectivity index (χ2n) is 6.54. The number of nitrogens with zero attached hydrogens (tertiary/aromatic N) is 4. The summed E-state index contributed by atoms with van der Waals surface area (Å²) in [6.45, 7) is 5.59. The number of aryl methyl sites for hydroxylation is 2. The van der Waals surface area contributed by atoms with Crippen molar-refractivity contribution in [3.8, 4) is 0 Å². The summed E-state index contributed by atoms with van der Waals surface area (Å²) < 4.78 is 13.7. The molecule has 10 heteroatoms. The quantitative estimate of drug-likeness (QED) is 0.554. The van der Waals surface area contributed by atoms with Crippen LogP contribution < -0.4 is 4.80 Å². The third kappa shape index (κ3) is 4.65. The van der Waals surface area contributed by atoms with Crippen LogP contribution in [-0.4, -0.2) is 45.9 Å². The van der Waals surface area contributed by atoms with Gasteiger partial charge in [-0.15, -0.1) is 0 Å². The zero-order valence-corrected chi connectivity index (χ0v) is 18.0. The standard InChI is InChI=1S/C20H22N4O5S/c1-5-29-19(27)14-6-7-15-16(9-14)30-20(23(15)11-18(26)28-4)21-17(25)10-24-13(3)8-12(2)22-24/h6-9H,5,10-11H2,1-4H3. The van der Waals surface area contributed by atoms with E-state index in [-0.39, 0.29) is 19.7 Å². The van der Waals surface area contributed by atoms with Gasteiger partial charge in [-0.25, -0.2) is 4.79 Å². The molecule has 158 valence electrons. The van der Waals surface area contributed by atoms with E-state index >= 15 is 0 Å². The Morgan fingerprint density at radius 2 is 1.93 bits per heavy atom. The highest BCUT2D eigenvalue weighted by atomic mass is 32.1. The molecule has 2 aromatic heterocycles. The number of aromatic nitrogens is 3. The van der Waals surface area contributed by atoms with Gasteiger partial charge in [-0.3, -0.25) is 14.3 Å². The number of thiazole rings is 1. The lowest BCUT2D eigenvalue weighted by Crippen LogP contribution is -2.23. The smallest absolute Gasteiger partial charge is 0.338 e. The molecule has 3 aromatic rings. The van der Waals surface area contributed by atoms with Crippen molar-refractivity contribution < 1.29 is 23.9 Å². The highest BCUT2D eigenvalue weighted by molar-refractivity contribution is 7.16. The number of hydrogen-bond donors (Lipinski definition) is 0. The van der Waals surface area contributed by atoms with Crippen molar-refractivity contribution in [1.82, 2.24) is 14.3 Å². The summed E-state index contributed by atoms with van der Waals surface area (Å²) in [4.78, 5) is 41.0. The van der Waals surface area contributed by atoms with Crippen LogP contribution in [0.15, 0.2) is 29.3 Å². The van der Waals surface area contributed by atoms with Crippen molar-refractivity contribution >= 4 is 39.4 Å². The van der Waals surface area contributed by atoms with Crippen molar-refractivity contribution in [2.75, 3.05) is 13.7 Å². The first kappa shape index (κ1) is 21.4. The Kier molecular flexibility index (Phi) is 6.46. The van der Waals surface area contributed by atoms with Gasteiger partial charge in [-0.1, -0.05) is 11.3 Å². The number of ether oxygens (including phenoxy) is 2. The summed E-state index contributed by atoms with van der Waals surface area (Å²) in [7, 11) is 1.29. The van der Waals surface area contributed by atoms with E-state index < -0.39 is 17.8 Å². The summed E-state index contributed by atoms with van der Waals surface area (Å²) in [6, 6.07) is 6.85. The highest BCUT2D eigenvalue weighted by Gasteiger charge is 2.15. The minimum Gasteiger partial charge on any atom is -0.468 e. The molecule has 0 saturated heterocycles. The van der Waals surface area contributed by atoms with Crippen LogP contribution in [0.1, 0.15) is 28.7 Å². The number of methoxy groups -OCH3 is 1. The maximum absolute atomic E-state index is 12.6. The van der Waals surface area contributed by atoms with Crippen molar-refractivity contribution in [1.29, 1.82) is 0 Å². The Morgan fingerprint density at radius 3 is 2.57 bits per heavy atom. The molecule has 1 amide bonds. The topological polar surface area (TPSA) is 105 Å². The second-order valence-corrected chi connectivity index (χ2v) is 7.55. The highest BCUT2D eigenvalue weighted by Crippen LogP contribution is 2.20. The third-order valence-electron chi connectivity index (χ3n) is 4.32. The van der Waals surface area contributed by atoms with E-state index in [0.717, 1.165) is 11.4 Å². The third-order valence-corrected chi connectivity index (χ3v) is 5.36. The monoisotopic (exact) mass is 430 g/mol. The van der Waals surface area contributed by atoms with E-state index in [0.29, 0.717) is 20.6 Å². The average molecular weight is 430 g/mol. The number of carbonyl (C=O) groups is 3. The van der Waals surface area contributed by atoms with E-state index in [1.54, 1.807) is 34.4 Å². The maximum atomic E-state index is 12.6. The molecule has 0 unspecified atom stereocenters. The largest absolute Gasteiger partial charge is 0.468 e. The van der Waals surface area contributed by atoms with Gasteiger partial charge < -0.3 is 14.0 Å². The first-order chi connectivity index (χ1) is 14.3. The van der Waals surface area contributed by atoms with Crippen LogP contribution in [0.25, 0.3) is 10.2 Å². The van der Waals surface area contributed by atoms with E-state index in [2.05, 4.69) is 10.1 Å². The van der Waals surface area contributed by atoms with Crippen LogP contribution in [0, 0.1) is 13.8 Å². The Bertz CT molecular complexity index is 1190. The Morgan fingerprint density at radius 1 is 1.17 bits per heavy atom. The molecule has 9 nitrogen and oxygen atoms in total. The molecule has 30 heavy (non-hydrogen) atoms. The molecular weight excluding hydrogens is 408 g/mol. The number of benzene rings is 1. The number of esters is 2. The number of hydrogen-bond acceptors (Lipinski definition) is 7. The predicted octanol–water partition coefficient (Wildman–Crippen LogP) is 1.99. The molecule has 2 heterocycles. The summed E-state index contributed by atoms with van der Waals surface area (Å²) >= 11 is 1.20. The van der Waals surface area contributed by atoms with E-state index in [1.165, 1.54) is 18.4 Å². The van der Waals surface area contributed by atoms with Crippen LogP contribution in [0.4, 0.5) is 0 Å². The van der Waals surface area contributed by atoms with Crippen LogP contribution in [0.5, 0.6) is 0 Å². The molecule has 0 aliphatic rings. The van der Waals surface area contributed by atoms with Gasteiger partial charge in [0.15, 0.2) is 4.80 Å². The van der Waals surface area contributed by atoms with Gasteiger partial charge in [-0.2, -0.15) is 10.1 Å². The van der Waals surface area contributed by atoms with Crippen molar-refractivity contribution in [3.63, 3.8) is 0 Å². The fraction of sp³-hybridized carbons (Fsp3) is 0.350. The molecule has 0 N–H and O–H groups in total. The molecule has 0 spiro atoms.